The Labute approximate surface area is 112 Å². The fourth-order valence-electron chi connectivity index (χ4n) is 1.50. The second-order valence-electron chi connectivity index (χ2n) is 4.25. The summed E-state index contributed by atoms with van der Waals surface area (Å²) in [7, 11) is 1.60. The van der Waals surface area contributed by atoms with Gasteiger partial charge in [-0.05, 0) is 5.56 Å². The van der Waals surface area contributed by atoms with Gasteiger partial charge in [0.15, 0.2) is 0 Å². The van der Waals surface area contributed by atoms with Crippen LogP contribution in [-0.2, 0) is 20.9 Å². The van der Waals surface area contributed by atoms with E-state index in [1.807, 2.05) is 30.3 Å². The molecule has 1 rings (SSSR count). The zero-order chi connectivity index (χ0) is 14.1. The van der Waals surface area contributed by atoms with Crippen LogP contribution in [0.5, 0.6) is 0 Å². The minimum atomic E-state index is -0.903. The van der Waals surface area contributed by atoms with Crippen LogP contribution in [0.15, 0.2) is 30.3 Å². The summed E-state index contributed by atoms with van der Waals surface area (Å²) in [5, 5.41) is 8.52. The number of carboxylic acid groups (broad SMARTS) is 1. The quantitative estimate of drug-likeness (QED) is 0.724. The number of nitrogens with zero attached hydrogens (tertiary/aromatic N) is 1. The normalized spacial score (nSPS) is 10.2. The van der Waals surface area contributed by atoms with Crippen molar-refractivity contribution in [3.63, 3.8) is 0 Å². The molecular weight excluding hydrogens is 246 g/mol. The van der Waals surface area contributed by atoms with Crippen molar-refractivity contribution in [2.75, 3.05) is 20.2 Å². The van der Waals surface area contributed by atoms with Gasteiger partial charge in [0.2, 0.25) is 5.91 Å². The van der Waals surface area contributed by atoms with E-state index in [4.69, 9.17) is 9.84 Å². The molecule has 19 heavy (non-hydrogen) atoms. The number of hydrogen-bond donors (Lipinski definition) is 1. The van der Waals surface area contributed by atoms with Gasteiger partial charge in [-0.25, -0.2) is 0 Å². The van der Waals surface area contributed by atoms with Gasteiger partial charge in [-0.3, -0.25) is 9.59 Å². The van der Waals surface area contributed by atoms with Crippen molar-refractivity contribution < 1.29 is 19.4 Å². The van der Waals surface area contributed by atoms with Gasteiger partial charge in [0.1, 0.15) is 0 Å². The van der Waals surface area contributed by atoms with Crippen LogP contribution in [0.3, 0.4) is 0 Å². The predicted octanol–water partition coefficient (Wildman–Crippen LogP) is 1.53. The first-order valence-electron chi connectivity index (χ1n) is 6.17. The monoisotopic (exact) mass is 265 g/mol. The van der Waals surface area contributed by atoms with Gasteiger partial charge in [0.05, 0.1) is 26.1 Å². The van der Waals surface area contributed by atoms with E-state index in [0.717, 1.165) is 5.56 Å². The van der Waals surface area contributed by atoms with Crippen LogP contribution in [0.25, 0.3) is 0 Å². The second kappa shape index (κ2) is 8.26. The molecule has 0 fully saturated rings. The van der Waals surface area contributed by atoms with Gasteiger partial charge in [-0.1, -0.05) is 30.3 Å². The largest absolute Gasteiger partial charge is 0.481 e. The first kappa shape index (κ1) is 15.2. The van der Waals surface area contributed by atoms with Crippen LogP contribution >= 0.6 is 0 Å². The van der Waals surface area contributed by atoms with E-state index in [0.29, 0.717) is 13.2 Å². The number of hydrogen-bond acceptors (Lipinski definition) is 3. The fourth-order valence-corrected chi connectivity index (χ4v) is 1.50. The van der Waals surface area contributed by atoms with Crippen LogP contribution in [0.1, 0.15) is 18.4 Å². The lowest BCUT2D eigenvalue weighted by Crippen LogP contribution is -2.29. The maximum atomic E-state index is 11.6. The predicted molar refractivity (Wildman–Crippen MR) is 70.6 cm³/mol. The smallest absolute Gasteiger partial charge is 0.305 e. The van der Waals surface area contributed by atoms with Gasteiger partial charge < -0.3 is 14.7 Å². The summed E-state index contributed by atoms with van der Waals surface area (Å²) in [6.45, 7) is 1.05. The maximum absolute atomic E-state index is 11.6. The van der Waals surface area contributed by atoms with Crippen LogP contribution < -0.4 is 0 Å². The van der Waals surface area contributed by atoms with Gasteiger partial charge >= 0.3 is 5.97 Å². The molecular formula is C14H19NO4. The Balaban J connectivity index is 2.15. The van der Waals surface area contributed by atoms with Crippen LogP contribution in [0.2, 0.25) is 0 Å². The minimum absolute atomic E-state index is 0.0346. The summed E-state index contributed by atoms with van der Waals surface area (Å²) >= 11 is 0. The molecule has 5 nitrogen and oxygen atoms in total. The molecule has 0 heterocycles. The van der Waals surface area contributed by atoms with Crippen molar-refractivity contribution in [2.24, 2.45) is 0 Å². The topological polar surface area (TPSA) is 66.8 Å². The molecule has 0 aliphatic heterocycles. The Morgan fingerprint density at radius 3 is 2.53 bits per heavy atom. The van der Waals surface area contributed by atoms with E-state index >= 15 is 0 Å². The Morgan fingerprint density at radius 1 is 1.21 bits per heavy atom. The number of carbonyl (C=O) groups excluding carboxylic acids is 1. The van der Waals surface area contributed by atoms with Crippen molar-refractivity contribution in [3.05, 3.63) is 35.9 Å². The number of carbonyl (C=O) groups is 2. The van der Waals surface area contributed by atoms with Crippen molar-refractivity contribution >= 4 is 11.9 Å². The van der Waals surface area contributed by atoms with E-state index in [9.17, 15) is 9.59 Å². The molecule has 1 N–H and O–H groups in total. The number of aliphatic carboxylic acids is 1. The molecule has 0 saturated heterocycles. The Bertz CT molecular complexity index is 405. The summed E-state index contributed by atoms with van der Waals surface area (Å²) in [5.74, 6) is -1.01. The average Bonchev–Trinajstić information content (AvgIpc) is 2.41. The van der Waals surface area contributed by atoms with E-state index in [1.54, 1.807) is 7.05 Å². The van der Waals surface area contributed by atoms with Crippen molar-refractivity contribution in [3.8, 4) is 0 Å². The third kappa shape index (κ3) is 6.57. The first-order chi connectivity index (χ1) is 9.09. The number of amides is 1. The maximum Gasteiger partial charge on any atom is 0.305 e. The Hall–Kier alpha value is -1.88. The summed E-state index contributed by atoms with van der Waals surface area (Å²) in [5.41, 5.74) is 1.06. The molecule has 1 aromatic rings. The third-order valence-electron chi connectivity index (χ3n) is 2.66. The third-order valence-corrected chi connectivity index (χ3v) is 2.66. The average molecular weight is 265 g/mol. The standard InChI is InChI=1S/C14H19NO4/c1-15(9-7-14(17)18)13(16)8-10-19-11-12-5-3-2-4-6-12/h2-6H,7-11H2,1H3,(H,17,18). The zero-order valence-corrected chi connectivity index (χ0v) is 11.0. The summed E-state index contributed by atoms with van der Waals surface area (Å²) in [4.78, 5) is 23.4. The van der Waals surface area contributed by atoms with E-state index in [-0.39, 0.29) is 25.3 Å². The zero-order valence-electron chi connectivity index (χ0n) is 11.0. The van der Waals surface area contributed by atoms with Gasteiger partial charge in [0.25, 0.3) is 0 Å². The summed E-state index contributed by atoms with van der Waals surface area (Å²) in [6.07, 6.45) is 0.232. The molecule has 0 spiro atoms. The highest BCUT2D eigenvalue weighted by Crippen LogP contribution is 2.01. The van der Waals surface area contributed by atoms with Crippen LogP contribution in [0, 0.1) is 0 Å². The molecule has 0 atom stereocenters. The first-order valence-corrected chi connectivity index (χ1v) is 6.17. The number of carboxylic acids is 1. The highest BCUT2D eigenvalue weighted by atomic mass is 16.5. The molecule has 0 aliphatic carbocycles. The van der Waals surface area contributed by atoms with Crippen LogP contribution in [0.4, 0.5) is 0 Å². The second-order valence-corrected chi connectivity index (χ2v) is 4.25. The number of benzene rings is 1. The SMILES string of the molecule is CN(CCC(=O)O)C(=O)CCOCc1ccccc1. The number of rotatable bonds is 8. The van der Waals surface area contributed by atoms with Crippen molar-refractivity contribution in [1.82, 2.24) is 4.90 Å². The lowest BCUT2D eigenvalue weighted by Gasteiger charge is -2.15. The summed E-state index contributed by atoms with van der Waals surface area (Å²) in [6, 6.07) is 9.72. The van der Waals surface area contributed by atoms with Crippen LogP contribution in [-0.4, -0.2) is 42.1 Å². The molecule has 0 radical (unpaired) electrons. The van der Waals surface area contributed by atoms with E-state index in [1.165, 1.54) is 4.90 Å². The Morgan fingerprint density at radius 2 is 1.89 bits per heavy atom. The van der Waals surface area contributed by atoms with Crippen molar-refractivity contribution in [1.29, 1.82) is 0 Å². The molecule has 1 amide bonds. The number of ether oxygens (including phenoxy) is 1. The van der Waals surface area contributed by atoms with Gasteiger partial charge in [0, 0.05) is 13.6 Å². The molecule has 0 aliphatic rings. The van der Waals surface area contributed by atoms with E-state index in [2.05, 4.69) is 0 Å². The molecule has 104 valence electrons. The van der Waals surface area contributed by atoms with Gasteiger partial charge in [-0.2, -0.15) is 0 Å². The molecule has 5 heteroatoms. The lowest BCUT2D eigenvalue weighted by molar-refractivity contribution is -0.138. The van der Waals surface area contributed by atoms with Gasteiger partial charge in [-0.15, -0.1) is 0 Å². The molecule has 0 unspecified atom stereocenters. The van der Waals surface area contributed by atoms with Crippen molar-refractivity contribution in [2.45, 2.75) is 19.4 Å². The summed E-state index contributed by atoms with van der Waals surface area (Å²) < 4.78 is 5.40. The fraction of sp³-hybridized carbons (Fsp3) is 0.429. The highest BCUT2D eigenvalue weighted by Gasteiger charge is 2.09. The Kier molecular flexibility index (Phi) is 6.60. The molecule has 0 aromatic heterocycles. The highest BCUT2D eigenvalue weighted by molar-refractivity contribution is 5.76. The molecule has 1 aromatic carbocycles. The minimum Gasteiger partial charge on any atom is -0.481 e. The molecule has 0 saturated carbocycles. The lowest BCUT2D eigenvalue weighted by atomic mass is 10.2. The van der Waals surface area contributed by atoms with E-state index < -0.39 is 5.97 Å². The molecule has 0 bridgehead atoms.